The van der Waals surface area contributed by atoms with Crippen molar-refractivity contribution >= 4 is 58.0 Å². The first-order valence-electron chi connectivity index (χ1n) is 7.41. The van der Waals surface area contributed by atoms with Crippen LogP contribution in [-0.4, -0.2) is 36.0 Å². The molecule has 3 heterocycles. The van der Waals surface area contributed by atoms with E-state index < -0.39 is 11.2 Å². The van der Waals surface area contributed by atoms with Crippen LogP contribution in [0.4, 0.5) is 11.4 Å². The fraction of sp³-hybridized carbons (Fsp3) is 0. The number of hydrogen-bond acceptors (Lipinski definition) is 4. The summed E-state index contributed by atoms with van der Waals surface area (Å²) in [5.41, 5.74) is 2.00. The summed E-state index contributed by atoms with van der Waals surface area (Å²) in [7, 11) is 3.81. The normalized spacial score (nSPS) is 24.5. The molecule has 7 heteroatoms. The molecule has 4 nitrogen and oxygen atoms in total. The number of hydrogen-bond donors (Lipinski definition) is 0. The Labute approximate surface area is 150 Å². The van der Waals surface area contributed by atoms with Crippen molar-refractivity contribution in [3.05, 3.63) is 73.1 Å². The van der Waals surface area contributed by atoms with Gasteiger partial charge in [-0.25, -0.2) is 0 Å². The minimum absolute atomic E-state index is 1.00. The van der Waals surface area contributed by atoms with E-state index in [2.05, 4.69) is 22.2 Å². The number of para-hydroxylation sites is 2. The third-order valence-corrected chi connectivity index (χ3v) is 13.7. The van der Waals surface area contributed by atoms with E-state index in [9.17, 15) is 0 Å². The average Bonchev–Trinajstić information content (AvgIpc) is 3.27. The summed E-state index contributed by atoms with van der Waals surface area (Å²) in [6.45, 7) is 0. The van der Waals surface area contributed by atoms with Gasteiger partial charge in [-0.3, -0.25) is 0 Å². The SMILES string of the molecule is C1=CN2C(=Nc3ccccc3)S[Se]3=C2N1C(=Nc1ccccc1)S3. The molecular formula is C17H12N4S2Se. The predicted molar refractivity (Wildman–Crippen MR) is 106 cm³/mol. The average molecular weight is 415 g/mol. The molecular weight excluding hydrogens is 403 g/mol. The van der Waals surface area contributed by atoms with Crippen molar-refractivity contribution in [2.75, 3.05) is 0 Å². The van der Waals surface area contributed by atoms with Gasteiger partial charge >= 0.3 is 151 Å². The van der Waals surface area contributed by atoms with Gasteiger partial charge in [0.15, 0.2) is 0 Å². The van der Waals surface area contributed by atoms with E-state index in [4.69, 9.17) is 9.98 Å². The van der Waals surface area contributed by atoms with Crippen molar-refractivity contribution in [1.29, 1.82) is 0 Å². The Morgan fingerprint density at radius 2 is 1.12 bits per heavy atom. The maximum atomic E-state index is 4.81. The summed E-state index contributed by atoms with van der Waals surface area (Å²) in [6.07, 6.45) is 4.21. The van der Waals surface area contributed by atoms with Crippen molar-refractivity contribution in [3.63, 3.8) is 0 Å². The van der Waals surface area contributed by atoms with Crippen LogP contribution < -0.4 is 0 Å². The maximum absolute atomic E-state index is 4.81. The number of benzene rings is 2. The summed E-state index contributed by atoms with van der Waals surface area (Å²) >= 11 is -1.06. The van der Waals surface area contributed by atoms with Crippen LogP contribution in [0.2, 0.25) is 0 Å². The second-order valence-electron chi connectivity index (χ2n) is 5.18. The summed E-state index contributed by atoms with van der Waals surface area (Å²) in [6, 6.07) is 20.3. The molecule has 5 rings (SSSR count). The Kier molecular flexibility index (Phi) is 3.60. The first-order valence-corrected chi connectivity index (χ1v) is 13.9. The number of nitrogens with zero attached hydrogens (tertiary/aromatic N) is 4. The topological polar surface area (TPSA) is 31.2 Å². The van der Waals surface area contributed by atoms with Crippen molar-refractivity contribution in [3.8, 4) is 0 Å². The van der Waals surface area contributed by atoms with Gasteiger partial charge in [-0.1, -0.05) is 0 Å². The van der Waals surface area contributed by atoms with E-state index in [1.165, 1.54) is 4.67 Å². The molecule has 0 bridgehead atoms. The van der Waals surface area contributed by atoms with Gasteiger partial charge in [0, 0.05) is 0 Å². The quantitative estimate of drug-likeness (QED) is 0.692. The summed E-state index contributed by atoms with van der Waals surface area (Å²) < 4.78 is 1.36. The fourth-order valence-corrected chi connectivity index (χ4v) is 13.7. The van der Waals surface area contributed by atoms with E-state index in [-0.39, 0.29) is 0 Å². The molecule has 24 heavy (non-hydrogen) atoms. The molecule has 0 atom stereocenters. The van der Waals surface area contributed by atoms with Crippen LogP contribution in [0, 0.1) is 0 Å². The van der Waals surface area contributed by atoms with Gasteiger partial charge in [0.25, 0.3) is 0 Å². The molecule has 0 fully saturated rings. The number of amidine groups is 2. The molecule has 0 aliphatic carbocycles. The molecule has 0 radical (unpaired) electrons. The zero-order valence-electron chi connectivity index (χ0n) is 12.4. The second-order valence-corrected chi connectivity index (χ2v) is 14.7. The van der Waals surface area contributed by atoms with E-state index in [0.29, 0.717) is 0 Å². The molecule has 3 aliphatic heterocycles. The van der Waals surface area contributed by atoms with Gasteiger partial charge in [-0.15, -0.1) is 0 Å². The third-order valence-electron chi connectivity index (χ3n) is 3.60. The molecule has 2 aromatic rings. The zero-order valence-corrected chi connectivity index (χ0v) is 15.8. The van der Waals surface area contributed by atoms with Crippen LogP contribution in [0.5, 0.6) is 0 Å². The molecule has 0 N–H and O–H groups in total. The number of aliphatic imine (C=N–C) groups is 2. The second kappa shape index (κ2) is 5.93. The van der Waals surface area contributed by atoms with Crippen LogP contribution in [0.1, 0.15) is 0 Å². The van der Waals surface area contributed by atoms with Gasteiger partial charge in [0.05, 0.1) is 0 Å². The third kappa shape index (κ3) is 2.45. The molecule has 0 amide bonds. The first kappa shape index (κ1) is 14.5. The van der Waals surface area contributed by atoms with Gasteiger partial charge in [-0.05, 0) is 0 Å². The molecule has 0 saturated heterocycles. The van der Waals surface area contributed by atoms with Crippen molar-refractivity contribution < 1.29 is 0 Å². The van der Waals surface area contributed by atoms with E-state index >= 15 is 0 Å². The van der Waals surface area contributed by atoms with Gasteiger partial charge in [-0.2, -0.15) is 0 Å². The van der Waals surface area contributed by atoms with Crippen molar-refractivity contribution in [2.45, 2.75) is 0 Å². The minimum atomic E-state index is -1.06. The Bertz CT molecular complexity index is 849. The Morgan fingerprint density at radius 3 is 1.58 bits per heavy atom. The Morgan fingerprint density at radius 1 is 0.667 bits per heavy atom. The van der Waals surface area contributed by atoms with Crippen LogP contribution >= 0.6 is 20.4 Å². The molecule has 0 saturated carbocycles. The van der Waals surface area contributed by atoms with E-state index in [0.717, 1.165) is 21.7 Å². The van der Waals surface area contributed by atoms with Gasteiger partial charge in [0.2, 0.25) is 0 Å². The van der Waals surface area contributed by atoms with Gasteiger partial charge < -0.3 is 0 Å². The van der Waals surface area contributed by atoms with Crippen molar-refractivity contribution in [1.82, 2.24) is 9.80 Å². The van der Waals surface area contributed by atoms with Crippen LogP contribution in [0.25, 0.3) is 0 Å². The molecule has 0 aromatic heterocycles. The van der Waals surface area contributed by atoms with Crippen LogP contribution in [0.15, 0.2) is 83.0 Å². The fourth-order valence-electron chi connectivity index (χ4n) is 2.51. The Hall–Kier alpha value is -1.79. The molecule has 3 aliphatic rings. The van der Waals surface area contributed by atoms with Gasteiger partial charge in [0.1, 0.15) is 0 Å². The first-order chi connectivity index (χ1) is 11.9. The van der Waals surface area contributed by atoms with Crippen molar-refractivity contribution in [2.24, 2.45) is 9.98 Å². The van der Waals surface area contributed by atoms with Crippen LogP contribution in [0.3, 0.4) is 0 Å². The molecule has 0 spiro atoms. The van der Waals surface area contributed by atoms with Crippen LogP contribution in [-0.2, 0) is 0 Å². The molecule has 118 valence electrons. The number of rotatable bonds is 2. The Balaban J connectivity index is 1.44. The summed E-state index contributed by atoms with van der Waals surface area (Å²) in [4.78, 5) is 14.1. The standard InChI is InChI=1S/C17H12N4S2Se/c1-3-7-13(8-4-1)18-15-20-11-12-21-16(23-24(22-15)17(20)21)19-14-9-5-2-6-10-14/h1-12H. The van der Waals surface area contributed by atoms with E-state index in [1.54, 1.807) is 0 Å². The summed E-state index contributed by atoms with van der Waals surface area (Å²) in [5.74, 6) is 0. The molecule has 2 aromatic carbocycles. The summed E-state index contributed by atoms with van der Waals surface area (Å²) in [5, 5.41) is 2.15. The molecule has 0 unspecified atom stereocenters. The van der Waals surface area contributed by atoms with E-state index in [1.807, 2.05) is 81.0 Å². The predicted octanol–water partition coefficient (Wildman–Crippen LogP) is 4.10. The monoisotopic (exact) mass is 416 g/mol. The zero-order chi connectivity index (χ0) is 15.9.